The number of rotatable bonds is 5. The molecule has 1 saturated carbocycles. The molecule has 2 fully saturated rings. The smallest absolute Gasteiger partial charge is 0.253 e. The maximum absolute atomic E-state index is 13.9. The van der Waals surface area contributed by atoms with Crippen LogP contribution in [0.2, 0.25) is 0 Å². The molecule has 2 aromatic rings. The second-order valence-corrected chi connectivity index (χ2v) is 7.63. The summed E-state index contributed by atoms with van der Waals surface area (Å²) < 4.78 is 13.9. The maximum Gasteiger partial charge on any atom is 0.253 e. The number of nitrogens with one attached hydrogen (secondary N) is 1. The number of carbonyl (C=O) groups is 1. The van der Waals surface area contributed by atoms with E-state index in [4.69, 9.17) is 0 Å². The lowest BCUT2D eigenvalue weighted by Crippen LogP contribution is -2.45. The Hall–Kier alpha value is -2.47. The molecule has 6 heteroatoms. The van der Waals surface area contributed by atoms with Crippen LogP contribution in [-0.2, 0) is 5.41 Å². The van der Waals surface area contributed by atoms with Crippen molar-refractivity contribution < 1.29 is 9.18 Å². The fraction of sp³-hybridized carbons (Fsp3) is 0.429. The quantitative estimate of drug-likeness (QED) is 0.881. The molecular weight excluding hydrogens is 343 g/mol. The summed E-state index contributed by atoms with van der Waals surface area (Å²) in [5, 5.41) is 3.03. The minimum Gasteiger partial charge on any atom is -0.368 e. The number of halogens is 1. The number of benzene rings is 1. The van der Waals surface area contributed by atoms with Gasteiger partial charge in [0.05, 0.1) is 5.56 Å². The number of carbonyl (C=O) groups excluding carboxylic acids is 1. The predicted octanol–water partition coefficient (Wildman–Crippen LogP) is 2.43. The molecule has 0 atom stereocenters. The van der Waals surface area contributed by atoms with Crippen LogP contribution < -0.4 is 10.2 Å². The third-order valence-electron chi connectivity index (χ3n) is 5.70. The molecule has 1 aromatic carbocycles. The van der Waals surface area contributed by atoms with Crippen molar-refractivity contribution in [2.24, 2.45) is 0 Å². The van der Waals surface area contributed by atoms with Crippen LogP contribution in [0.4, 0.5) is 10.1 Å². The molecular formula is C21H25FN4O. The van der Waals surface area contributed by atoms with Gasteiger partial charge in [-0.3, -0.25) is 9.78 Å². The monoisotopic (exact) mass is 368 g/mol. The van der Waals surface area contributed by atoms with Gasteiger partial charge in [0.2, 0.25) is 0 Å². The number of likely N-dealkylation sites (N-methyl/N-ethyl adjacent to an activating group) is 1. The summed E-state index contributed by atoms with van der Waals surface area (Å²) in [6.07, 6.45) is 3.81. The Morgan fingerprint density at radius 3 is 2.63 bits per heavy atom. The molecule has 0 unspecified atom stereocenters. The van der Waals surface area contributed by atoms with Crippen LogP contribution in [0, 0.1) is 5.82 Å². The molecule has 1 saturated heterocycles. The van der Waals surface area contributed by atoms with Crippen LogP contribution in [0.15, 0.2) is 42.6 Å². The lowest BCUT2D eigenvalue weighted by atomic mass is 10.0. The summed E-state index contributed by atoms with van der Waals surface area (Å²) in [5.74, 6) is -0.602. The first kappa shape index (κ1) is 17.9. The number of anilines is 1. The Labute approximate surface area is 159 Å². The van der Waals surface area contributed by atoms with Crippen molar-refractivity contribution >= 4 is 11.6 Å². The Balaban J connectivity index is 1.49. The highest BCUT2D eigenvalue weighted by Gasteiger charge is 2.45. The number of piperazine rings is 1. The third kappa shape index (κ3) is 3.81. The standard InChI is InChI=1S/C21H25FN4O/c1-25-10-12-26(13-11-25)18-6-5-16(22)14-17(18)20(27)24-15-21(7-8-21)19-4-2-3-9-23-19/h2-6,9,14H,7-8,10-13,15H2,1H3,(H,24,27). The van der Waals surface area contributed by atoms with E-state index < -0.39 is 0 Å². The summed E-state index contributed by atoms with van der Waals surface area (Å²) in [7, 11) is 2.09. The zero-order valence-corrected chi connectivity index (χ0v) is 15.6. The minimum absolute atomic E-state index is 0.0712. The molecule has 142 valence electrons. The van der Waals surface area contributed by atoms with Gasteiger partial charge in [-0.05, 0) is 50.2 Å². The molecule has 2 heterocycles. The molecule has 0 spiro atoms. The lowest BCUT2D eigenvalue weighted by Gasteiger charge is -2.35. The van der Waals surface area contributed by atoms with Gasteiger partial charge < -0.3 is 15.1 Å². The summed E-state index contributed by atoms with van der Waals surface area (Å²) in [6, 6.07) is 10.4. The van der Waals surface area contributed by atoms with E-state index in [1.165, 1.54) is 12.1 Å². The SMILES string of the molecule is CN1CCN(c2ccc(F)cc2C(=O)NCC2(c3ccccn3)CC2)CC1. The highest BCUT2D eigenvalue weighted by atomic mass is 19.1. The van der Waals surface area contributed by atoms with E-state index in [2.05, 4.69) is 27.1 Å². The van der Waals surface area contributed by atoms with Crippen LogP contribution >= 0.6 is 0 Å². The van der Waals surface area contributed by atoms with Gasteiger partial charge in [0.25, 0.3) is 5.91 Å². The highest BCUT2D eigenvalue weighted by Crippen LogP contribution is 2.46. The van der Waals surface area contributed by atoms with Gasteiger partial charge in [0.1, 0.15) is 5.82 Å². The van der Waals surface area contributed by atoms with Gasteiger partial charge in [-0.2, -0.15) is 0 Å². The van der Waals surface area contributed by atoms with Crippen LogP contribution in [0.1, 0.15) is 28.9 Å². The van der Waals surface area contributed by atoms with Gasteiger partial charge in [0.15, 0.2) is 0 Å². The molecule has 1 aromatic heterocycles. The third-order valence-corrected chi connectivity index (χ3v) is 5.70. The molecule has 27 heavy (non-hydrogen) atoms. The lowest BCUT2D eigenvalue weighted by molar-refractivity contribution is 0.0949. The summed E-state index contributed by atoms with van der Waals surface area (Å²) in [6.45, 7) is 4.06. The van der Waals surface area contributed by atoms with Crippen molar-refractivity contribution in [2.75, 3.05) is 44.7 Å². The molecule has 1 N–H and O–H groups in total. The number of hydrogen-bond donors (Lipinski definition) is 1. The van der Waals surface area contributed by atoms with Crippen LogP contribution in [0.5, 0.6) is 0 Å². The molecule has 4 rings (SSSR count). The average Bonchev–Trinajstić information content (AvgIpc) is 3.49. The molecule has 0 radical (unpaired) electrons. The topological polar surface area (TPSA) is 48.5 Å². The Morgan fingerprint density at radius 2 is 1.96 bits per heavy atom. The van der Waals surface area contributed by atoms with Crippen molar-refractivity contribution in [1.82, 2.24) is 15.2 Å². The summed E-state index contributed by atoms with van der Waals surface area (Å²) in [5.41, 5.74) is 2.17. The minimum atomic E-state index is -0.385. The van der Waals surface area contributed by atoms with Gasteiger partial charge in [0, 0.05) is 55.7 Å². The number of amides is 1. The second-order valence-electron chi connectivity index (χ2n) is 7.63. The molecule has 1 aliphatic heterocycles. The first-order valence-electron chi connectivity index (χ1n) is 9.50. The molecule has 2 aliphatic rings. The Morgan fingerprint density at radius 1 is 1.19 bits per heavy atom. The van der Waals surface area contributed by atoms with E-state index >= 15 is 0 Å². The number of nitrogens with zero attached hydrogens (tertiary/aromatic N) is 3. The van der Waals surface area contributed by atoms with E-state index in [0.717, 1.165) is 50.4 Å². The number of aromatic nitrogens is 1. The van der Waals surface area contributed by atoms with Crippen molar-refractivity contribution in [1.29, 1.82) is 0 Å². The maximum atomic E-state index is 13.9. The largest absolute Gasteiger partial charge is 0.368 e. The van der Waals surface area contributed by atoms with Crippen LogP contribution in [0.25, 0.3) is 0 Å². The molecule has 0 bridgehead atoms. The van der Waals surface area contributed by atoms with Crippen LogP contribution in [-0.4, -0.2) is 55.6 Å². The van der Waals surface area contributed by atoms with Gasteiger partial charge in [-0.25, -0.2) is 4.39 Å². The van der Waals surface area contributed by atoms with Crippen molar-refractivity contribution in [3.8, 4) is 0 Å². The number of hydrogen-bond acceptors (Lipinski definition) is 4. The van der Waals surface area contributed by atoms with Gasteiger partial charge in [-0.1, -0.05) is 6.07 Å². The van der Waals surface area contributed by atoms with Crippen LogP contribution in [0.3, 0.4) is 0 Å². The van der Waals surface area contributed by atoms with E-state index in [-0.39, 0.29) is 17.1 Å². The zero-order chi connectivity index (χ0) is 18.9. The number of pyridine rings is 1. The average molecular weight is 368 g/mol. The first-order valence-corrected chi connectivity index (χ1v) is 9.50. The second kappa shape index (κ2) is 7.27. The van der Waals surface area contributed by atoms with Gasteiger partial charge >= 0.3 is 0 Å². The van der Waals surface area contributed by atoms with E-state index in [1.54, 1.807) is 12.3 Å². The van der Waals surface area contributed by atoms with Gasteiger partial charge in [-0.15, -0.1) is 0 Å². The fourth-order valence-electron chi connectivity index (χ4n) is 3.71. The Bertz CT molecular complexity index is 814. The van der Waals surface area contributed by atoms with E-state index in [0.29, 0.717) is 12.1 Å². The first-order chi connectivity index (χ1) is 13.1. The van der Waals surface area contributed by atoms with Crippen molar-refractivity contribution in [2.45, 2.75) is 18.3 Å². The van der Waals surface area contributed by atoms with Crippen molar-refractivity contribution in [3.63, 3.8) is 0 Å². The predicted molar refractivity (Wildman–Crippen MR) is 104 cm³/mol. The Kier molecular flexibility index (Phi) is 4.83. The normalized spacial score (nSPS) is 19.0. The van der Waals surface area contributed by atoms with Crippen molar-refractivity contribution in [3.05, 3.63) is 59.7 Å². The fourth-order valence-corrected chi connectivity index (χ4v) is 3.71. The summed E-state index contributed by atoms with van der Waals surface area (Å²) in [4.78, 5) is 21.8. The summed E-state index contributed by atoms with van der Waals surface area (Å²) >= 11 is 0. The highest BCUT2D eigenvalue weighted by molar-refractivity contribution is 6.00. The van der Waals surface area contributed by atoms with E-state index in [1.807, 2.05) is 18.2 Å². The molecule has 1 amide bonds. The zero-order valence-electron chi connectivity index (χ0n) is 15.6. The van der Waals surface area contributed by atoms with E-state index in [9.17, 15) is 9.18 Å². The molecule has 1 aliphatic carbocycles. The molecule has 5 nitrogen and oxygen atoms in total.